The van der Waals surface area contributed by atoms with Crippen LogP contribution in [0.5, 0.6) is 0 Å². The monoisotopic (exact) mass is 347 g/mol. The number of ether oxygens (including phenoxy) is 2. The number of hydrogen-bond donors (Lipinski definition) is 2. The highest BCUT2D eigenvalue weighted by Gasteiger charge is 2.47. The number of likely N-dealkylation sites (N-methyl/N-ethyl adjacent to an activating group) is 1. The van der Waals surface area contributed by atoms with Gasteiger partial charge in [-0.15, -0.1) is 0 Å². The third-order valence-corrected chi connectivity index (χ3v) is 3.63. The van der Waals surface area contributed by atoms with Crippen molar-refractivity contribution in [2.45, 2.75) is 97.6 Å². The van der Waals surface area contributed by atoms with E-state index in [4.69, 9.17) is 19.7 Å². The molecule has 2 N–H and O–H groups in total. The van der Waals surface area contributed by atoms with Crippen molar-refractivity contribution < 1.29 is 24.5 Å². The average Bonchev–Trinajstić information content (AvgIpc) is 2.71. The topological polar surface area (TPSA) is 79.2 Å². The van der Waals surface area contributed by atoms with E-state index >= 15 is 0 Å². The quantitative estimate of drug-likeness (QED) is 0.763. The highest BCUT2D eigenvalue weighted by atomic mass is 16.8. The molecule has 1 aliphatic heterocycles. The number of nitrogens with zero attached hydrogens (tertiary/aromatic N) is 1. The van der Waals surface area contributed by atoms with Crippen molar-refractivity contribution >= 4 is 5.78 Å². The van der Waals surface area contributed by atoms with Crippen molar-refractivity contribution in [2.24, 2.45) is 0 Å². The maximum absolute atomic E-state index is 11.2. The SMILES string of the molecule is CC.CC(=O)CN(C)C1CCCC2OC(C)(C)OC21.CC(C)(O)O. The van der Waals surface area contributed by atoms with Crippen LogP contribution in [0.25, 0.3) is 0 Å². The van der Waals surface area contributed by atoms with Crippen molar-refractivity contribution in [3.05, 3.63) is 0 Å². The van der Waals surface area contributed by atoms with E-state index in [1.165, 1.54) is 13.8 Å². The van der Waals surface area contributed by atoms with E-state index in [1.807, 2.05) is 34.7 Å². The summed E-state index contributed by atoms with van der Waals surface area (Å²) < 4.78 is 11.9. The summed E-state index contributed by atoms with van der Waals surface area (Å²) in [6, 6.07) is 0.305. The van der Waals surface area contributed by atoms with Gasteiger partial charge >= 0.3 is 0 Å². The Morgan fingerprint density at radius 3 is 2.17 bits per heavy atom. The van der Waals surface area contributed by atoms with E-state index in [0.29, 0.717) is 12.6 Å². The third kappa shape index (κ3) is 9.08. The molecular formula is C18H37NO5. The molecule has 2 rings (SSSR count). The van der Waals surface area contributed by atoms with Gasteiger partial charge in [-0.25, -0.2) is 0 Å². The molecule has 3 unspecified atom stereocenters. The zero-order valence-corrected chi connectivity index (χ0v) is 16.6. The lowest BCUT2D eigenvalue weighted by atomic mass is 9.89. The molecule has 0 aromatic carbocycles. The molecule has 0 spiro atoms. The number of carbonyl (C=O) groups is 1. The van der Waals surface area contributed by atoms with Crippen LogP contribution < -0.4 is 0 Å². The molecule has 3 atom stereocenters. The first kappa shape index (κ1) is 23.5. The van der Waals surface area contributed by atoms with Crippen LogP contribution in [-0.4, -0.2) is 64.3 Å². The van der Waals surface area contributed by atoms with Gasteiger partial charge in [0, 0.05) is 6.04 Å². The summed E-state index contributed by atoms with van der Waals surface area (Å²) in [5.74, 6) is -1.78. The zero-order chi connectivity index (χ0) is 19.1. The van der Waals surface area contributed by atoms with Crippen LogP contribution in [0.4, 0.5) is 0 Å². The summed E-state index contributed by atoms with van der Waals surface area (Å²) in [7, 11) is 2.00. The fourth-order valence-electron chi connectivity index (χ4n) is 3.04. The number of ketones is 1. The molecule has 2 fully saturated rings. The Morgan fingerprint density at radius 2 is 1.71 bits per heavy atom. The largest absolute Gasteiger partial charge is 0.366 e. The normalized spacial score (nSPS) is 28.2. The van der Waals surface area contributed by atoms with Gasteiger partial charge < -0.3 is 19.7 Å². The summed E-state index contributed by atoms with van der Waals surface area (Å²) in [6.45, 7) is 12.7. The Morgan fingerprint density at radius 1 is 1.21 bits per heavy atom. The van der Waals surface area contributed by atoms with Crippen LogP contribution >= 0.6 is 0 Å². The van der Waals surface area contributed by atoms with Gasteiger partial charge in [-0.3, -0.25) is 9.69 Å². The second kappa shape index (κ2) is 9.82. The van der Waals surface area contributed by atoms with Crippen LogP contribution in [-0.2, 0) is 14.3 Å². The minimum absolute atomic E-state index is 0.114. The second-order valence-corrected chi connectivity index (χ2v) is 7.25. The van der Waals surface area contributed by atoms with E-state index < -0.39 is 11.6 Å². The number of carbonyl (C=O) groups excluding carboxylic acids is 1. The van der Waals surface area contributed by atoms with Gasteiger partial charge in [-0.05, 0) is 60.9 Å². The van der Waals surface area contributed by atoms with Gasteiger partial charge in [0.1, 0.15) is 11.9 Å². The molecule has 6 heteroatoms. The van der Waals surface area contributed by atoms with Crippen LogP contribution in [0.3, 0.4) is 0 Å². The number of hydrogen-bond acceptors (Lipinski definition) is 6. The van der Waals surface area contributed by atoms with E-state index in [0.717, 1.165) is 19.3 Å². The fraction of sp³-hybridized carbons (Fsp3) is 0.944. The lowest BCUT2D eigenvalue weighted by Crippen LogP contribution is -2.49. The Hall–Kier alpha value is -0.530. The predicted octanol–water partition coefficient (Wildman–Crippen LogP) is 2.31. The predicted molar refractivity (Wildman–Crippen MR) is 94.6 cm³/mol. The summed E-state index contributed by atoms with van der Waals surface area (Å²) in [6.07, 6.45) is 3.61. The van der Waals surface area contributed by atoms with Crippen molar-refractivity contribution in [1.82, 2.24) is 4.90 Å². The fourth-order valence-corrected chi connectivity index (χ4v) is 3.04. The molecule has 1 saturated carbocycles. The molecule has 0 amide bonds. The van der Waals surface area contributed by atoms with Gasteiger partial charge in [-0.2, -0.15) is 0 Å². The van der Waals surface area contributed by atoms with Gasteiger partial charge in [-0.1, -0.05) is 13.8 Å². The van der Waals surface area contributed by atoms with Crippen LogP contribution in [0.2, 0.25) is 0 Å². The minimum atomic E-state index is -1.50. The Labute approximate surface area is 147 Å². The maximum atomic E-state index is 11.2. The summed E-state index contributed by atoms with van der Waals surface area (Å²) in [5.41, 5.74) is 0. The number of Topliss-reactive ketones (excluding diaryl/α,β-unsaturated/α-hetero) is 1. The van der Waals surface area contributed by atoms with Gasteiger partial charge in [0.25, 0.3) is 0 Å². The minimum Gasteiger partial charge on any atom is -0.366 e. The Balaban J connectivity index is 0.000000650. The molecule has 0 bridgehead atoms. The lowest BCUT2D eigenvalue weighted by Gasteiger charge is -2.37. The van der Waals surface area contributed by atoms with E-state index in [1.54, 1.807) is 6.92 Å². The molecule has 0 aromatic rings. The smallest absolute Gasteiger partial charge is 0.163 e. The summed E-state index contributed by atoms with van der Waals surface area (Å²) in [5, 5.41) is 16.2. The van der Waals surface area contributed by atoms with Crippen molar-refractivity contribution in [1.29, 1.82) is 0 Å². The lowest BCUT2D eigenvalue weighted by molar-refractivity contribution is -0.150. The highest BCUT2D eigenvalue weighted by Crippen LogP contribution is 2.38. The van der Waals surface area contributed by atoms with Crippen LogP contribution in [0, 0.1) is 0 Å². The molecule has 144 valence electrons. The first-order chi connectivity index (χ1) is 10.9. The van der Waals surface area contributed by atoms with Crippen molar-refractivity contribution in [2.75, 3.05) is 13.6 Å². The highest BCUT2D eigenvalue weighted by molar-refractivity contribution is 5.77. The molecule has 1 saturated heterocycles. The van der Waals surface area contributed by atoms with Gasteiger partial charge in [0.15, 0.2) is 11.6 Å². The first-order valence-electron chi connectivity index (χ1n) is 8.89. The number of fused-ring (bicyclic) bond motifs is 1. The standard InChI is InChI=1S/C13H23NO3.C3H8O2.C2H6/c1-9(15)8-14(4)10-6-5-7-11-12(10)17-13(2,3)16-11;1-3(2,4)5;1-2/h10-12H,5-8H2,1-4H3;4-5H,1-2H3;1-2H3. The van der Waals surface area contributed by atoms with E-state index in [9.17, 15) is 4.79 Å². The number of rotatable bonds is 3. The third-order valence-electron chi connectivity index (χ3n) is 3.63. The molecule has 1 heterocycles. The molecule has 0 aromatic heterocycles. The molecule has 6 nitrogen and oxygen atoms in total. The van der Waals surface area contributed by atoms with Gasteiger partial charge in [0.05, 0.1) is 12.6 Å². The molecular weight excluding hydrogens is 310 g/mol. The maximum Gasteiger partial charge on any atom is 0.163 e. The summed E-state index contributed by atoms with van der Waals surface area (Å²) >= 11 is 0. The van der Waals surface area contributed by atoms with Crippen LogP contribution in [0.15, 0.2) is 0 Å². The molecule has 24 heavy (non-hydrogen) atoms. The molecule has 2 aliphatic rings. The summed E-state index contributed by atoms with van der Waals surface area (Å²) in [4.78, 5) is 13.3. The second-order valence-electron chi connectivity index (χ2n) is 7.25. The average molecular weight is 347 g/mol. The zero-order valence-electron chi connectivity index (χ0n) is 16.6. The van der Waals surface area contributed by atoms with E-state index in [-0.39, 0.29) is 18.0 Å². The van der Waals surface area contributed by atoms with Crippen LogP contribution in [0.1, 0.15) is 67.7 Å². The Bertz CT molecular complexity index is 372. The van der Waals surface area contributed by atoms with Crippen molar-refractivity contribution in [3.8, 4) is 0 Å². The Kier molecular flexibility index (Phi) is 9.61. The number of aliphatic hydroxyl groups is 2. The van der Waals surface area contributed by atoms with Crippen molar-refractivity contribution in [3.63, 3.8) is 0 Å². The molecule has 0 radical (unpaired) electrons. The van der Waals surface area contributed by atoms with Gasteiger partial charge in [0.2, 0.25) is 0 Å². The molecule has 1 aliphatic carbocycles. The first-order valence-corrected chi connectivity index (χ1v) is 8.89. The van der Waals surface area contributed by atoms with E-state index in [2.05, 4.69) is 4.90 Å².